The van der Waals surface area contributed by atoms with Crippen LogP contribution in [-0.4, -0.2) is 67.7 Å². The Labute approximate surface area is 187 Å². The van der Waals surface area contributed by atoms with Crippen molar-refractivity contribution >= 4 is 34.9 Å². The first-order valence-corrected chi connectivity index (χ1v) is 12.4. The molecule has 4 rings (SSSR count). The number of hydrogen-bond donors (Lipinski definition) is 4. The van der Waals surface area contributed by atoms with Gasteiger partial charge in [-0.1, -0.05) is 17.7 Å². The van der Waals surface area contributed by atoms with Gasteiger partial charge >= 0.3 is 7.82 Å². The van der Waals surface area contributed by atoms with Crippen molar-refractivity contribution in [1.82, 2.24) is 19.5 Å². The molecular weight excluding hydrogens is 481 g/mol. The summed E-state index contributed by atoms with van der Waals surface area (Å²) in [5.74, 6) is 0.0587. The topological polar surface area (TPSA) is 209 Å². The third kappa shape index (κ3) is 4.90. The highest BCUT2D eigenvalue weighted by atomic mass is 32.2. The summed E-state index contributed by atoms with van der Waals surface area (Å²) in [6, 6.07) is 5.84. The summed E-state index contributed by atoms with van der Waals surface area (Å²) in [5.41, 5.74) is 6.98. The van der Waals surface area contributed by atoms with Gasteiger partial charge in [0, 0.05) is 0 Å². The van der Waals surface area contributed by atoms with Gasteiger partial charge in [0.2, 0.25) is 0 Å². The maximum atomic E-state index is 12.9. The van der Waals surface area contributed by atoms with Crippen LogP contribution in [0.1, 0.15) is 11.8 Å². The largest absolute Gasteiger partial charge is 0.469 e. The van der Waals surface area contributed by atoms with E-state index in [1.807, 2.05) is 0 Å². The van der Waals surface area contributed by atoms with Crippen molar-refractivity contribution in [3.8, 4) is 0 Å². The van der Waals surface area contributed by atoms with E-state index in [4.69, 9.17) is 24.4 Å². The van der Waals surface area contributed by atoms with Crippen molar-refractivity contribution < 1.29 is 41.3 Å². The van der Waals surface area contributed by atoms with Crippen molar-refractivity contribution in [2.75, 3.05) is 12.3 Å². The second-order valence-corrected chi connectivity index (χ2v) is 10.1. The maximum Gasteiger partial charge on any atom is 0.469 e. The number of anilines is 1. The van der Waals surface area contributed by atoms with Gasteiger partial charge in [-0.15, -0.1) is 0 Å². The molecule has 5 N–H and O–H groups in total. The van der Waals surface area contributed by atoms with Gasteiger partial charge in [0.15, 0.2) is 23.8 Å². The zero-order valence-electron chi connectivity index (χ0n) is 17.0. The van der Waals surface area contributed by atoms with Gasteiger partial charge < -0.3 is 25.4 Å². The first-order chi connectivity index (χ1) is 15.5. The molecule has 33 heavy (non-hydrogen) atoms. The molecule has 1 fully saturated rings. The smallest absolute Gasteiger partial charge is 0.387 e. The molecule has 1 aromatic carbocycles. The van der Waals surface area contributed by atoms with Crippen LogP contribution in [0.5, 0.6) is 0 Å². The van der Waals surface area contributed by atoms with Gasteiger partial charge in [0.25, 0.3) is 10.1 Å². The number of imidazole rings is 1. The monoisotopic (exact) mass is 501 g/mol. The van der Waals surface area contributed by atoms with E-state index in [1.54, 1.807) is 19.1 Å². The molecule has 0 amide bonds. The van der Waals surface area contributed by atoms with Gasteiger partial charge in [-0.25, -0.2) is 19.5 Å². The Morgan fingerprint density at radius 3 is 2.58 bits per heavy atom. The van der Waals surface area contributed by atoms with E-state index in [-0.39, 0.29) is 21.9 Å². The molecule has 2 aromatic heterocycles. The van der Waals surface area contributed by atoms with E-state index in [0.29, 0.717) is 0 Å². The highest BCUT2D eigenvalue weighted by Crippen LogP contribution is 2.40. The lowest BCUT2D eigenvalue weighted by molar-refractivity contribution is -0.0475. The average Bonchev–Trinajstić information content (AvgIpc) is 3.29. The first kappa shape index (κ1) is 23.7. The minimum atomic E-state index is -4.89. The van der Waals surface area contributed by atoms with Crippen LogP contribution in [-0.2, 0) is 28.1 Å². The number of hydrogen-bond acceptors (Lipinski definition) is 11. The highest BCUT2D eigenvalue weighted by Gasteiger charge is 2.49. The number of aryl methyl sites for hydroxylation is 1. The van der Waals surface area contributed by atoms with Gasteiger partial charge in [-0.3, -0.25) is 13.3 Å². The number of phosphoric ester groups is 1. The lowest BCUT2D eigenvalue weighted by Gasteiger charge is -2.21. The molecule has 16 heteroatoms. The fraction of sp³-hybridized carbons (Fsp3) is 0.353. The Morgan fingerprint density at radius 2 is 1.91 bits per heavy atom. The summed E-state index contributed by atoms with van der Waals surface area (Å²) < 4.78 is 53.6. The van der Waals surface area contributed by atoms with Crippen LogP contribution in [0.4, 0.5) is 5.82 Å². The zero-order valence-corrected chi connectivity index (χ0v) is 18.7. The van der Waals surface area contributed by atoms with Crippen molar-refractivity contribution in [1.29, 1.82) is 0 Å². The summed E-state index contributed by atoms with van der Waals surface area (Å²) in [6.07, 6.45) is -3.46. The molecule has 0 spiro atoms. The quantitative estimate of drug-likeness (QED) is 0.246. The third-order valence-electron chi connectivity index (χ3n) is 4.93. The van der Waals surface area contributed by atoms with Gasteiger partial charge in [-0.2, -0.15) is 8.42 Å². The second kappa shape index (κ2) is 8.70. The molecule has 178 valence electrons. The number of benzene rings is 1. The van der Waals surface area contributed by atoms with Crippen LogP contribution in [0.2, 0.25) is 0 Å². The van der Waals surface area contributed by atoms with Crippen LogP contribution in [0.25, 0.3) is 11.2 Å². The number of aliphatic hydroxyl groups excluding tert-OH is 1. The number of nitrogen functional groups attached to an aromatic ring is 1. The number of fused-ring (bicyclic) bond motifs is 1. The Hall–Kier alpha value is -2.49. The Balaban J connectivity index is 1.71. The molecule has 0 unspecified atom stereocenters. The minimum absolute atomic E-state index is 0.0587. The molecule has 0 saturated carbocycles. The Morgan fingerprint density at radius 1 is 1.21 bits per heavy atom. The molecule has 14 nitrogen and oxygen atoms in total. The number of ether oxygens (including phenoxy) is 1. The predicted octanol–water partition coefficient (Wildman–Crippen LogP) is -0.141. The van der Waals surface area contributed by atoms with E-state index in [2.05, 4.69) is 19.5 Å². The van der Waals surface area contributed by atoms with Crippen LogP contribution in [0, 0.1) is 6.92 Å². The first-order valence-electron chi connectivity index (χ1n) is 9.43. The van der Waals surface area contributed by atoms with E-state index in [9.17, 15) is 18.1 Å². The van der Waals surface area contributed by atoms with Crippen LogP contribution < -0.4 is 5.73 Å². The molecule has 3 aromatic rings. The van der Waals surface area contributed by atoms with Crippen molar-refractivity contribution in [2.24, 2.45) is 0 Å². The normalized spacial score (nSPS) is 23.9. The molecule has 0 aliphatic carbocycles. The lowest BCUT2D eigenvalue weighted by atomic mass is 10.1. The number of phosphoric acid groups is 1. The van der Waals surface area contributed by atoms with Crippen LogP contribution in [0.3, 0.4) is 0 Å². The molecule has 3 heterocycles. The summed E-state index contributed by atoms with van der Waals surface area (Å²) in [7, 11) is -9.26. The summed E-state index contributed by atoms with van der Waals surface area (Å²) in [5, 5.41) is 10.8. The summed E-state index contributed by atoms with van der Waals surface area (Å²) in [6.45, 7) is 1.04. The molecule has 4 atom stereocenters. The SMILES string of the molecule is Cc1ccc(S(=O)(=O)O[C@@H]2[C@H](O)[C@@H](COP(=O)(O)O)O[C@H]2n2cnc3c(N)ncnc32)cc1. The predicted molar refractivity (Wildman–Crippen MR) is 111 cm³/mol. The van der Waals surface area contributed by atoms with Crippen molar-refractivity contribution in [3.05, 3.63) is 42.5 Å². The zero-order chi connectivity index (χ0) is 24.0. The molecule has 1 aliphatic heterocycles. The fourth-order valence-electron chi connectivity index (χ4n) is 3.32. The number of aromatic nitrogens is 4. The highest BCUT2D eigenvalue weighted by molar-refractivity contribution is 7.86. The number of nitrogens with two attached hydrogens (primary N) is 1. The Bertz CT molecular complexity index is 1310. The summed E-state index contributed by atoms with van der Waals surface area (Å²) in [4.78, 5) is 29.8. The molecule has 1 aliphatic rings. The third-order valence-corrected chi connectivity index (χ3v) is 6.74. The van der Waals surface area contributed by atoms with Gasteiger partial charge in [-0.05, 0) is 19.1 Å². The molecule has 1 saturated heterocycles. The summed E-state index contributed by atoms with van der Waals surface area (Å²) >= 11 is 0. The van der Waals surface area contributed by atoms with Crippen LogP contribution in [0.15, 0.2) is 41.8 Å². The standard InChI is InChI=1S/C17H20N5O9PS/c1-9-2-4-10(5-3-9)33(27,28)31-14-13(23)11(6-29-32(24,25)26)30-17(14)22-8-21-12-15(18)19-7-20-16(12)22/h2-5,7-8,11,13-14,17,23H,6H2,1H3,(H2,18,19,20)(H2,24,25,26)/t11-,13-,14-,17-/m1/s1. The van der Waals surface area contributed by atoms with Gasteiger partial charge in [0.1, 0.15) is 24.1 Å². The van der Waals surface area contributed by atoms with E-state index < -0.39 is 49.1 Å². The maximum absolute atomic E-state index is 12.9. The van der Waals surface area contributed by atoms with Crippen molar-refractivity contribution in [2.45, 2.75) is 36.4 Å². The van der Waals surface area contributed by atoms with E-state index in [0.717, 1.165) is 11.9 Å². The lowest BCUT2D eigenvalue weighted by Crippen LogP contribution is -2.37. The number of rotatable bonds is 7. The van der Waals surface area contributed by atoms with E-state index in [1.165, 1.54) is 23.0 Å². The van der Waals surface area contributed by atoms with Crippen molar-refractivity contribution in [3.63, 3.8) is 0 Å². The fourth-order valence-corrected chi connectivity index (χ4v) is 4.74. The van der Waals surface area contributed by atoms with Gasteiger partial charge in [0.05, 0.1) is 17.8 Å². The van der Waals surface area contributed by atoms with E-state index >= 15 is 0 Å². The Kier molecular flexibility index (Phi) is 6.24. The second-order valence-electron chi connectivity index (χ2n) is 7.25. The molecule has 0 radical (unpaired) electrons. The number of aliphatic hydroxyl groups is 1. The molecule has 0 bridgehead atoms. The minimum Gasteiger partial charge on any atom is -0.387 e. The molecular formula is C17H20N5O9PS. The van der Waals surface area contributed by atoms with Crippen LogP contribution >= 0.6 is 7.82 Å². The number of nitrogens with zero attached hydrogens (tertiary/aromatic N) is 4. The average molecular weight is 501 g/mol.